The van der Waals surface area contributed by atoms with Crippen molar-refractivity contribution in [2.24, 2.45) is 0 Å². The zero-order chi connectivity index (χ0) is 6.57. The molecule has 44 valence electrons. The normalized spacial score (nSPS) is 12.2. The van der Waals surface area contributed by atoms with Crippen LogP contribution in [0.15, 0.2) is 35.4 Å². The van der Waals surface area contributed by atoms with Gasteiger partial charge in [0.2, 0.25) is 0 Å². The molecule has 0 aliphatic rings. The van der Waals surface area contributed by atoms with E-state index in [9.17, 15) is 0 Å². The molecule has 0 atom stereocenters. The van der Waals surface area contributed by atoms with Crippen molar-refractivity contribution in [3.63, 3.8) is 0 Å². The molecule has 0 spiro atoms. The molecule has 0 heterocycles. The van der Waals surface area contributed by atoms with Crippen LogP contribution in [0.4, 0.5) is 0 Å². The highest BCUT2D eigenvalue weighted by atomic mass is 79.9. The minimum Gasteiger partial charge on any atom is -0.0988 e. The van der Waals surface area contributed by atoms with Crippen LogP contribution in [0.5, 0.6) is 0 Å². The van der Waals surface area contributed by atoms with E-state index in [4.69, 9.17) is 0 Å². The third-order valence-electron chi connectivity index (χ3n) is 0.862. The Bertz CT molecular complexity index is 115. The molecule has 8 heavy (non-hydrogen) atoms. The van der Waals surface area contributed by atoms with Gasteiger partial charge in [-0.3, -0.25) is 0 Å². The molecule has 1 heteroatoms. The van der Waals surface area contributed by atoms with Crippen molar-refractivity contribution in [2.45, 2.75) is 6.92 Å². The molecule has 0 nitrogen and oxygen atoms in total. The standard InChI is InChI=1S/C7H9Br/c1-4-6(3)7(8)5-2/h4-5H,1-2H2,3H3/b7-6+. The minimum atomic E-state index is 1.01. The lowest BCUT2D eigenvalue weighted by Gasteiger charge is -1.90. The monoisotopic (exact) mass is 172 g/mol. The Hall–Kier alpha value is -0.300. The van der Waals surface area contributed by atoms with Crippen LogP contribution in [0.3, 0.4) is 0 Å². The molecule has 0 aliphatic heterocycles. The van der Waals surface area contributed by atoms with Crippen LogP contribution < -0.4 is 0 Å². The second-order valence-electron chi connectivity index (χ2n) is 1.44. The first-order valence-corrected chi connectivity index (χ1v) is 3.13. The maximum absolute atomic E-state index is 3.59. The topological polar surface area (TPSA) is 0 Å². The van der Waals surface area contributed by atoms with Gasteiger partial charge in [-0.05, 0) is 12.5 Å². The maximum Gasteiger partial charge on any atom is 0.0198 e. The van der Waals surface area contributed by atoms with E-state index < -0.39 is 0 Å². The van der Waals surface area contributed by atoms with Crippen molar-refractivity contribution in [2.75, 3.05) is 0 Å². The minimum absolute atomic E-state index is 1.01. The molecular weight excluding hydrogens is 164 g/mol. The summed E-state index contributed by atoms with van der Waals surface area (Å²) in [6.07, 6.45) is 3.53. The predicted molar refractivity (Wildman–Crippen MR) is 42.0 cm³/mol. The van der Waals surface area contributed by atoms with Gasteiger partial charge in [0.15, 0.2) is 0 Å². The van der Waals surface area contributed by atoms with Crippen LogP contribution in [0, 0.1) is 0 Å². The van der Waals surface area contributed by atoms with E-state index >= 15 is 0 Å². The Balaban J connectivity index is 4.25. The van der Waals surface area contributed by atoms with Crippen LogP contribution in [-0.2, 0) is 0 Å². The fraction of sp³-hybridized carbons (Fsp3) is 0.143. The lowest BCUT2D eigenvalue weighted by molar-refractivity contribution is 1.53. The van der Waals surface area contributed by atoms with Crippen LogP contribution in [0.1, 0.15) is 6.92 Å². The summed E-state index contributed by atoms with van der Waals surface area (Å²) in [6, 6.07) is 0. The van der Waals surface area contributed by atoms with E-state index in [2.05, 4.69) is 29.1 Å². The van der Waals surface area contributed by atoms with Crippen molar-refractivity contribution in [3.8, 4) is 0 Å². The average Bonchev–Trinajstić information content (AvgIpc) is 1.84. The van der Waals surface area contributed by atoms with Crippen LogP contribution in [0.2, 0.25) is 0 Å². The Morgan fingerprint density at radius 2 is 1.88 bits per heavy atom. The molecule has 0 fully saturated rings. The van der Waals surface area contributed by atoms with Crippen molar-refractivity contribution >= 4 is 15.9 Å². The average molecular weight is 173 g/mol. The maximum atomic E-state index is 3.59. The number of rotatable bonds is 2. The number of halogens is 1. The van der Waals surface area contributed by atoms with Gasteiger partial charge >= 0.3 is 0 Å². The molecular formula is C7H9Br. The summed E-state index contributed by atoms with van der Waals surface area (Å²) in [7, 11) is 0. The largest absolute Gasteiger partial charge is 0.0988 e. The highest BCUT2D eigenvalue weighted by Crippen LogP contribution is 2.12. The van der Waals surface area contributed by atoms with E-state index in [0.717, 1.165) is 10.1 Å². The summed E-state index contributed by atoms with van der Waals surface area (Å²) < 4.78 is 1.01. The molecule has 0 aromatic heterocycles. The third-order valence-corrected chi connectivity index (χ3v) is 1.81. The second-order valence-corrected chi connectivity index (χ2v) is 2.29. The van der Waals surface area contributed by atoms with Crippen molar-refractivity contribution < 1.29 is 0 Å². The quantitative estimate of drug-likeness (QED) is 0.563. The van der Waals surface area contributed by atoms with Crippen molar-refractivity contribution in [1.29, 1.82) is 0 Å². The zero-order valence-electron chi connectivity index (χ0n) is 4.95. The SMILES string of the molecule is C=C/C(C)=C(/Br)C=C. The summed E-state index contributed by atoms with van der Waals surface area (Å²) in [6.45, 7) is 9.14. The molecule has 0 aromatic rings. The van der Waals surface area contributed by atoms with E-state index in [-0.39, 0.29) is 0 Å². The molecule has 0 bridgehead atoms. The lowest BCUT2D eigenvalue weighted by Crippen LogP contribution is -1.67. The second kappa shape index (κ2) is 3.67. The molecule has 0 N–H and O–H groups in total. The van der Waals surface area contributed by atoms with Crippen LogP contribution >= 0.6 is 15.9 Å². The Kier molecular flexibility index (Phi) is 3.53. The first-order valence-electron chi connectivity index (χ1n) is 2.33. The molecule has 0 radical (unpaired) electrons. The first kappa shape index (κ1) is 7.70. The van der Waals surface area contributed by atoms with E-state index in [0.29, 0.717) is 0 Å². The smallest absolute Gasteiger partial charge is 0.0198 e. The number of allylic oxidation sites excluding steroid dienone is 4. The van der Waals surface area contributed by atoms with Gasteiger partial charge in [-0.25, -0.2) is 0 Å². The van der Waals surface area contributed by atoms with Gasteiger partial charge in [0.1, 0.15) is 0 Å². The molecule has 0 unspecified atom stereocenters. The Labute approximate surface area is 58.7 Å². The molecule has 0 saturated carbocycles. The lowest BCUT2D eigenvalue weighted by atomic mass is 10.3. The molecule has 0 amide bonds. The molecule has 0 aliphatic carbocycles. The summed E-state index contributed by atoms with van der Waals surface area (Å²) >= 11 is 3.29. The zero-order valence-corrected chi connectivity index (χ0v) is 6.53. The van der Waals surface area contributed by atoms with Gasteiger partial charge in [-0.15, -0.1) is 0 Å². The van der Waals surface area contributed by atoms with Gasteiger partial charge in [-0.1, -0.05) is 41.2 Å². The summed E-state index contributed by atoms with van der Waals surface area (Å²) in [4.78, 5) is 0. The first-order chi connectivity index (χ1) is 3.72. The summed E-state index contributed by atoms with van der Waals surface area (Å²) in [5.74, 6) is 0. The molecule has 0 saturated heterocycles. The van der Waals surface area contributed by atoms with Crippen molar-refractivity contribution in [1.82, 2.24) is 0 Å². The van der Waals surface area contributed by atoms with E-state index in [1.54, 1.807) is 12.2 Å². The molecule has 0 rings (SSSR count). The highest BCUT2D eigenvalue weighted by Gasteiger charge is 1.84. The Morgan fingerprint density at radius 3 is 2.00 bits per heavy atom. The predicted octanol–water partition coefficient (Wildman–Crippen LogP) is 3.03. The van der Waals surface area contributed by atoms with Gasteiger partial charge in [0.05, 0.1) is 0 Å². The van der Waals surface area contributed by atoms with Gasteiger partial charge in [0.25, 0.3) is 0 Å². The third kappa shape index (κ3) is 2.12. The van der Waals surface area contributed by atoms with Gasteiger partial charge in [0, 0.05) is 4.48 Å². The number of hydrogen-bond donors (Lipinski definition) is 0. The fourth-order valence-corrected chi connectivity index (χ4v) is 0.420. The Morgan fingerprint density at radius 1 is 1.38 bits per heavy atom. The summed E-state index contributed by atoms with van der Waals surface area (Å²) in [5.41, 5.74) is 1.11. The number of hydrogen-bond acceptors (Lipinski definition) is 0. The highest BCUT2D eigenvalue weighted by molar-refractivity contribution is 9.11. The summed E-state index contributed by atoms with van der Waals surface area (Å²) in [5, 5.41) is 0. The fourth-order valence-electron chi connectivity index (χ4n) is 0.258. The molecule has 0 aromatic carbocycles. The van der Waals surface area contributed by atoms with Crippen LogP contribution in [0.25, 0.3) is 0 Å². The van der Waals surface area contributed by atoms with Crippen LogP contribution in [-0.4, -0.2) is 0 Å². The van der Waals surface area contributed by atoms with E-state index in [1.807, 2.05) is 6.92 Å². The van der Waals surface area contributed by atoms with Gasteiger partial charge < -0.3 is 0 Å². The van der Waals surface area contributed by atoms with E-state index in [1.165, 1.54) is 0 Å². The van der Waals surface area contributed by atoms with Gasteiger partial charge in [-0.2, -0.15) is 0 Å². The van der Waals surface area contributed by atoms with Crippen molar-refractivity contribution in [3.05, 3.63) is 35.4 Å².